The maximum atomic E-state index is 13.8. The lowest BCUT2D eigenvalue weighted by Gasteiger charge is -2.54. The van der Waals surface area contributed by atoms with Crippen molar-refractivity contribution in [1.82, 2.24) is 9.80 Å². The number of ether oxygens (including phenoxy) is 1. The van der Waals surface area contributed by atoms with Crippen LogP contribution in [-0.4, -0.2) is 49.0 Å². The molecule has 2 saturated heterocycles. The third kappa shape index (κ3) is 3.41. The number of nitrogens with zero attached hydrogens (tertiary/aromatic N) is 2. The van der Waals surface area contributed by atoms with Gasteiger partial charge < -0.3 is 9.64 Å². The average Bonchev–Trinajstić information content (AvgIpc) is 2.53. The number of amides is 1. The minimum absolute atomic E-state index is 0.0902. The van der Waals surface area contributed by atoms with Gasteiger partial charge in [0.15, 0.2) is 11.6 Å². The Morgan fingerprint density at radius 3 is 2.50 bits per heavy atom. The van der Waals surface area contributed by atoms with E-state index in [-0.39, 0.29) is 17.6 Å². The van der Waals surface area contributed by atoms with Gasteiger partial charge in [0.05, 0.1) is 7.11 Å². The Morgan fingerprint density at radius 2 is 1.96 bits per heavy atom. The molecule has 0 aromatic heterocycles. The first-order chi connectivity index (χ1) is 11.4. The number of carbonyl (C=O) groups is 1. The lowest BCUT2D eigenvalue weighted by Crippen LogP contribution is -2.62. The standard InChI is InChI=1S/C19H27FN2O2/c1-14(2)18(23)22-12-19(13-22)6-8-21(9-7-19)11-15-4-5-17(24-3)16(20)10-15/h4-5,10,14H,6-9,11-13H2,1-3H3. The molecule has 1 aromatic carbocycles. The van der Waals surface area contributed by atoms with Crippen LogP contribution in [0.1, 0.15) is 32.3 Å². The topological polar surface area (TPSA) is 32.8 Å². The third-order valence-electron chi connectivity index (χ3n) is 5.40. The summed E-state index contributed by atoms with van der Waals surface area (Å²) in [6.07, 6.45) is 2.24. The van der Waals surface area contributed by atoms with Crippen LogP contribution < -0.4 is 4.74 Å². The Balaban J connectivity index is 1.50. The number of piperidine rings is 1. The summed E-state index contributed by atoms with van der Waals surface area (Å²) in [6, 6.07) is 5.19. The Bertz CT molecular complexity index is 601. The summed E-state index contributed by atoms with van der Waals surface area (Å²) >= 11 is 0. The maximum Gasteiger partial charge on any atom is 0.225 e. The van der Waals surface area contributed by atoms with Crippen LogP contribution >= 0.6 is 0 Å². The molecule has 0 radical (unpaired) electrons. The highest BCUT2D eigenvalue weighted by Crippen LogP contribution is 2.41. The minimum Gasteiger partial charge on any atom is -0.494 e. The number of likely N-dealkylation sites (tertiary alicyclic amines) is 2. The van der Waals surface area contributed by atoms with E-state index in [1.165, 1.54) is 7.11 Å². The first-order valence-electron chi connectivity index (χ1n) is 8.76. The second-order valence-corrected chi connectivity index (χ2v) is 7.59. The fraction of sp³-hybridized carbons (Fsp3) is 0.632. The van der Waals surface area contributed by atoms with Crippen LogP contribution in [-0.2, 0) is 11.3 Å². The van der Waals surface area contributed by atoms with E-state index >= 15 is 0 Å². The number of carbonyl (C=O) groups excluding carboxylic acids is 1. The fourth-order valence-corrected chi connectivity index (χ4v) is 3.85. The van der Waals surface area contributed by atoms with Crippen LogP contribution in [0.2, 0.25) is 0 Å². The van der Waals surface area contributed by atoms with Crippen LogP contribution in [0.3, 0.4) is 0 Å². The molecule has 2 fully saturated rings. The van der Waals surface area contributed by atoms with E-state index < -0.39 is 0 Å². The van der Waals surface area contributed by atoms with Crippen LogP contribution in [0.5, 0.6) is 5.75 Å². The van der Waals surface area contributed by atoms with Gasteiger partial charge in [-0.3, -0.25) is 9.69 Å². The van der Waals surface area contributed by atoms with Gasteiger partial charge in [-0.1, -0.05) is 19.9 Å². The summed E-state index contributed by atoms with van der Waals surface area (Å²) in [7, 11) is 1.48. The second kappa shape index (κ2) is 6.71. The Labute approximate surface area is 143 Å². The van der Waals surface area contributed by atoms with Crippen molar-refractivity contribution in [2.75, 3.05) is 33.3 Å². The van der Waals surface area contributed by atoms with E-state index in [4.69, 9.17) is 4.74 Å². The Hall–Kier alpha value is -1.62. The van der Waals surface area contributed by atoms with Crippen molar-refractivity contribution < 1.29 is 13.9 Å². The molecule has 0 atom stereocenters. The van der Waals surface area contributed by atoms with E-state index in [1.807, 2.05) is 24.8 Å². The van der Waals surface area contributed by atoms with Gasteiger partial charge >= 0.3 is 0 Å². The van der Waals surface area contributed by atoms with Crippen molar-refractivity contribution in [1.29, 1.82) is 0 Å². The highest BCUT2D eigenvalue weighted by molar-refractivity contribution is 5.79. The summed E-state index contributed by atoms with van der Waals surface area (Å²) in [4.78, 5) is 16.4. The van der Waals surface area contributed by atoms with Gasteiger partial charge in [0.1, 0.15) is 0 Å². The maximum absolute atomic E-state index is 13.8. The molecule has 0 unspecified atom stereocenters. The Kier molecular flexibility index (Phi) is 4.81. The van der Waals surface area contributed by atoms with Crippen LogP contribution in [0.25, 0.3) is 0 Å². The largest absolute Gasteiger partial charge is 0.494 e. The van der Waals surface area contributed by atoms with E-state index in [0.29, 0.717) is 11.2 Å². The predicted molar refractivity (Wildman–Crippen MR) is 91.3 cm³/mol. The highest BCUT2D eigenvalue weighted by Gasteiger charge is 2.46. The summed E-state index contributed by atoms with van der Waals surface area (Å²) < 4.78 is 18.8. The molecule has 2 aliphatic rings. The van der Waals surface area contributed by atoms with E-state index in [1.54, 1.807) is 12.1 Å². The molecule has 4 nitrogen and oxygen atoms in total. The van der Waals surface area contributed by atoms with Crippen molar-refractivity contribution in [3.63, 3.8) is 0 Å². The van der Waals surface area contributed by atoms with Crippen molar-refractivity contribution >= 4 is 5.91 Å². The third-order valence-corrected chi connectivity index (χ3v) is 5.40. The molecule has 0 N–H and O–H groups in total. The zero-order chi connectivity index (χ0) is 17.3. The lowest BCUT2D eigenvalue weighted by atomic mass is 9.71. The SMILES string of the molecule is COc1ccc(CN2CCC3(CC2)CN(C(=O)C(C)C)C3)cc1F. The predicted octanol–water partition coefficient (Wildman–Crippen LogP) is 2.91. The number of halogens is 1. The molecule has 132 valence electrons. The summed E-state index contributed by atoms with van der Waals surface area (Å²) in [5.41, 5.74) is 1.31. The van der Waals surface area contributed by atoms with Gasteiger partial charge in [-0.2, -0.15) is 0 Å². The van der Waals surface area contributed by atoms with Crippen LogP contribution in [0.15, 0.2) is 18.2 Å². The van der Waals surface area contributed by atoms with Crippen LogP contribution in [0, 0.1) is 17.2 Å². The van der Waals surface area contributed by atoms with Gasteiger partial charge in [0, 0.05) is 31.0 Å². The fourth-order valence-electron chi connectivity index (χ4n) is 3.85. The summed E-state index contributed by atoms with van der Waals surface area (Å²) in [5, 5.41) is 0. The van der Waals surface area contributed by atoms with Gasteiger partial charge in [-0.15, -0.1) is 0 Å². The van der Waals surface area contributed by atoms with Crippen LogP contribution in [0.4, 0.5) is 4.39 Å². The first-order valence-corrected chi connectivity index (χ1v) is 8.76. The van der Waals surface area contributed by atoms with Crippen molar-refractivity contribution in [3.05, 3.63) is 29.6 Å². The molecule has 2 heterocycles. The monoisotopic (exact) mass is 334 g/mol. The molecule has 1 amide bonds. The molecule has 0 bridgehead atoms. The molecular weight excluding hydrogens is 307 g/mol. The first kappa shape index (κ1) is 17.2. The average molecular weight is 334 g/mol. The normalized spacial score (nSPS) is 20.3. The number of hydrogen-bond donors (Lipinski definition) is 0. The lowest BCUT2D eigenvalue weighted by molar-refractivity contribution is -0.150. The van der Waals surface area contributed by atoms with Gasteiger partial charge in [-0.05, 0) is 43.6 Å². The van der Waals surface area contributed by atoms with Crippen molar-refractivity contribution in [2.45, 2.75) is 33.2 Å². The molecule has 1 spiro atoms. The quantitative estimate of drug-likeness (QED) is 0.849. The summed E-state index contributed by atoms with van der Waals surface area (Å²) in [6.45, 7) is 8.54. The number of benzene rings is 1. The summed E-state index contributed by atoms with van der Waals surface area (Å²) in [5.74, 6) is 0.357. The van der Waals surface area contributed by atoms with E-state index in [2.05, 4.69) is 4.90 Å². The minimum atomic E-state index is -0.301. The van der Waals surface area contributed by atoms with Gasteiger partial charge in [0.25, 0.3) is 0 Å². The molecular formula is C19H27FN2O2. The number of hydrogen-bond acceptors (Lipinski definition) is 3. The van der Waals surface area contributed by atoms with Crippen molar-refractivity contribution in [3.8, 4) is 5.75 Å². The second-order valence-electron chi connectivity index (χ2n) is 7.59. The molecule has 1 aromatic rings. The van der Waals surface area contributed by atoms with E-state index in [0.717, 1.165) is 51.1 Å². The van der Waals surface area contributed by atoms with Crippen molar-refractivity contribution in [2.24, 2.45) is 11.3 Å². The Morgan fingerprint density at radius 1 is 1.29 bits per heavy atom. The zero-order valence-electron chi connectivity index (χ0n) is 14.8. The molecule has 0 saturated carbocycles. The highest BCUT2D eigenvalue weighted by atomic mass is 19.1. The molecule has 0 aliphatic carbocycles. The number of methoxy groups -OCH3 is 1. The molecule has 24 heavy (non-hydrogen) atoms. The number of rotatable bonds is 4. The van der Waals surface area contributed by atoms with Gasteiger partial charge in [0.2, 0.25) is 5.91 Å². The molecule has 5 heteroatoms. The molecule has 3 rings (SSSR count). The van der Waals surface area contributed by atoms with E-state index in [9.17, 15) is 9.18 Å². The smallest absolute Gasteiger partial charge is 0.225 e. The zero-order valence-corrected chi connectivity index (χ0v) is 14.8. The van der Waals surface area contributed by atoms with Gasteiger partial charge in [-0.25, -0.2) is 4.39 Å². The molecule has 2 aliphatic heterocycles.